The summed E-state index contributed by atoms with van der Waals surface area (Å²) in [6.07, 6.45) is 1.67. The zero-order valence-electron chi connectivity index (χ0n) is 12.7. The molecule has 0 aliphatic carbocycles. The number of hydrogen-bond acceptors (Lipinski definition) is 4. The lowest BCUT2D eigenvalue weighted by Gasteiger charge is -2.29. The van der Waals surface area contributed by atoms with Crippen molar-refractivity contribution < 1.29 is 18.8 Å². The van der Waals surface area contributed by atoms with Crippen LogP contribution in [0.1, 0.15) is 15.9 Å². The van der Waals surface area contributed by atoms with Crippen LogP contribution in [0.2, 0.25) is 0 Å². The number of carboxylic acid groups (broad SMARTS) is 1. The molecule has 1 saturated heterocycles. The summed E-state index contributed by atoms with van der Waals surface area (Å²) in [5.74, 6) is -0.935. The predicted octanol–water partition coefficient (Wildman–Crippen LogP) is 0.813. The van der Waals surface area contributed by atoms with E-state index in [2.05, 4.69) is 4.90 Å². The molecule has 1 atom stereocenters. The fraction of sp³-hybridized carbons (Fsp3) is 0.533. The summed E-state index contributed by atoms with van der Waals surface area (Å²) in [6.45, 7) is 5.46. The summed E-state index contributed by atoms with van der Waals surface area (Å²) in [5, 5.41) is 8.90. The van der Waals surface area contributed by atoms with Crippen LogP contribution in [-0.4, -0.2) is 70.1 Å². The number of hydrogen-bond donors (Lipinski definition) is 1. The third-order valence-electron chi connectivity index (χ3n) is 3.69. The van der Waals surface area contributed by atoms with Gasteiger partial charge in [0.05, 0.1) is 29.8 Å². The first kappa shape index (κ1) is 17.1. The maximum atomic E-state index is 11.9. The average molecular weight is 326 g/mol. The Hall–Kier alpha value is -1.28. The molecule has 1 aromatic rings. The highest BCUT2D eigenvalue weighted by Crippen LogP contribution is 2.09. The maximum absolute atomic E-state index is 11.9. The van der Waals surface area contributed by atoms with Gasteiger partial charge in [-0.1, -0.05) is 12.1 Å². The smallest absolute Gasteiger partial charge is 0.335 e. The number of rotatable bonds is 7. The van der Waals surface area contributed by atoms with Gasteiger partial charge in [-0.25, -0.2) is 13.3 Å². The Morgan fingerprint density at radius 3 is 2.50 bits per heavy atom. The molecule has 22 heavy (non-hydrogen) atoms. The van der Waals surface area contributed by atoms with Crippen molar-refractivity contribution in [3.63, 3.8) is 0 Å². The third kappa shape index (κ3) is 5.17. The van der Waals surface area contributed by atoms with Crippen LogP contribution >= 0.6 is 0 Å². The van der Waals surface area contributed by atoms with Crippen LogP contribution in [-0.2, 0) is 22.3 Å². The molecule has 0 radical (unpaired) electrons. The minimum atomic E-state index is -1.06. The Labute approximate surface area is 133 Å². The SMILES string of the molecule is CS(=O)N(CCN1CCOCC1)Cc1ccc(C(=O)O)cc1. The summed E-state index contributed by atoms with van der Waals surface area (Å²) in [4.78, 5) is 13.1. The van der Waals surface area contributed by atoms with Crippen molar-refractivity contribution in [2.75, 3.05) is 45.6 Å². The standard InChI is InChI=1S/C15H22N2O4S/c1-22(20)17(7-6-16-8-10-21-11-9-16)12-13-2-4-14(5-3-13)15(18)19/h2-5H,6-12H2,1H3,(H,18,19). The van der Waals surface area contributed by atoms with Crippen molar-refractivity contribution >= 4 is 17.0 Å². The van der Waals surface area contributed by atoms with Crippen LogP contribution in [0.25, 0.3) is 0 Å². The zero-order valence-corrected chi connectivity index (χ0v) is 13.6. The van der Waals surface area contributed by atoms with Gasteiger partial charge in [0, 0.05) is 39.0 Å². The van der Waals surface area contributed by atoms with Crippen LogP contribution in [0.15, 0.2) is 24.3 Å². The molecule has 1 aliphatic heterocycles. The zero-order chi connectivity index (χ0) is 15.9. The third-order valence-corrected chi connectivity index (χ3v) is 4.73. The fourth-order valence-electron chi connectivity index (χ4n) is 2.33. The molecule has 122 valence electrons. The monoisotopic (exact) mass is 326 g/mol. The average Bonchev–Trinajstić information content (AvgIpc) is 2.52. The Kier molecular flexibility index (Phi) is 6.50. The van der Waals surface area contributed by atoms with E-state index in [1.165, 1.54) is 0 Å². The summed E-state index contributed by atoms with van der Waals surface area (Å²) >= 11 is 0. The highest BCUT2D eigenvalue weighted by molar-refractivity contribution is 7.81. The molecular formula is C15H22N2O4S. The van der Waals surface area contributed by atoms with Gasteiger partial charge in [0.2, 0.25) is 0 Å². The summed E-state index contributed by atoms with van der Waals surface area (Å²) in [7, 11) is -1.06. The number of carbonyl (C=O) groups is 1. The second-order valence-electron chi connectivity index (χ2n) is 5.24. The lowest BCUT2D eigenvalue weighted by atomic mass is 10.1. The molecular weight excluding hydrogens is 304 g/mol. The van der Waals surface area contributed by atoms with Crippen molar-refractivity contribution in [1.29, 1.82) is 0 Å². The van der Waals surface area contributed by atoms with Gasteiger partial charge in [-0.2, -0.15) is 0 Å². The highest BCUT2D eigenvalue weighted by atomic mass is 32.2. The minimum absolute atomic E-state index is 0.265. The van der Waals surface area contributed by atoms with E-state index in [1.54, 1.807) is 30.5 Å². The lowest BCUT2D eigenvalue weighted by molar-refractivity contribution is 0.0363. The first-order chi connectivity index (χ1) is 10.6. The molecule has 0 aromatic heterocycles. The molecule has 1 N–H and O–H groups in total. The molecule has 6 nitrogen and oxygen atoms in total. The minimum Gasteiger partial charge on any atom is -0.478 e. The summed E-state index contributed by atoms with van der Waals surface area (Å²) < 4.78 is 19.1. The Balaban J connectivity index is 1.90. The second kappa shape index (κ2) is 8.38. The first-order valence-electron chi connectivity index (χ1n) is 7.27. The van der Waals surface area contributed by atoms with E-state index in [0.29, 0.717) is 13.1 Å². The van der Waals surface area contributed by atoms with Crippen LogP contribution in [0, 0.1) is 0 Å². The second-order valence-corrected chi connectivity index (χ2v) is 6.61. The van der Waals surface area contributed by atoms with Crippen LogP contribution in [0.4, 0.5) is 0 Å². The molecule has 0 bridgehead atoms. The summed E-state index contributed by atoms with van der Waals surface area (Å²) in [6, 6.07) is 6.71. The molecule has 1 aliphatic rings. The van der Waals surface area contributed by atoms with Gasteiger partial charge in [0.25, 0.3) is 0 Å². The molecule has 1 aromatic carbocycles. The van der Waals surface area contributed by atoms with Crippen LogP contribution < -0.4 is 0 Å². The highest BCUT2D eigenvalue weighted by Gasteiger charge is 2.15. The van der Waals surface area contributed by atoms with E-state index in [4.69, 9.17) is 9.84 Å². The normalized spacial score (nSPS) is 17.5. The molecule has 2 rings (SSSR count). The van der Waals surface area contributed by atoms with Gasteiger partial charge in [-0.05, 0) is 17.7 Å². The molecule has 0 spiro atoms. The molecule has 1 fully saturated rings. The topological polar surface area (TPSA) is 70.1 Å². The Morgan fingerprint density at radius 2 is 1.95 bits per heavy atom. The van der Waals surface area contributed by atoms with Gasteiger partial charge in [-0.15, -0.1) is 0 Å². The van der Waals surface area contributed by atoms with E-state index in [1.807, 2.05) is 4.31 Å². The first-order valence-corrected chi connectivity index (χ1v) is 8.78. The number of nitrogens with zero attached hydrogens (tertiary/aromatic N) is 2. The Morgan fingerprint density at radius 1 is 1.32 bits per heavy atom. The van der Waals surface area contributed by atoms with Gasteiger partial charge >= 0.3 is 5.97 Å². The number of ether oxygens (including phenoxy) is 1. The van der Waals surface area contributed by atoms with Gasteiger partial charge in [-0.3, -0.25) is 4.90 Å². The molecule has 1 heterocycles. The van der Waals surface area contributed by atoms with Crippen molar-refractivity contribution in [1.82, 2.24) is 9.21 Å². The van der Waals surface area contributed by atoms with E-state index in [-0.39, 0.29) is 5.56 Å². The number of benzene rings is 1. The number of morpholine rings is 1. The van der Waals surface area contributed by atoms with E-state index < -0.39 is 17.0 Å². The van der Waals surface area contributed by atoms with E-state index >= 15 is 0 Å². The van der Waals surface area contributed by atoms with Crippen molar-refractivity contribution in [3.05, 3.63) is 35.4 Å². The fourth-order valence-corrected chi connectivity index (χ4v) is 3.00. The number of aromatic carboxylic acids is 1. The molecule has 0 amide bonds. The molecule has 7 heteroatoms. The number of carboxylic acids is 1. The van der Waals surface area contributed by atoms with Crippen molar-refractivity contribution in [2.45, 2.75) is 6.54 Å². The van der Waals surface area contributed by atoms with Crippen LogP contribution in [0.3, 0.4) is 0 Å². The lowest BCUT2D eigenvalue weighted by Crippen LogP contribution is -2.41. The largest absolute Gasteiger partial charge is 0.478 e. The Bertz CT molecular complexity index is 515. The van der Waals surface area contributed by atoms with E-state index in [0.717, 1.165) is 38.4 Å². The van der Waals surface area contributed by atoms with Gasteiger partial charge < -0.3 is 9.84 Å². The molecule has 0 saturated carbocycles. The van der Waals surface area contributed by atoms with Crippen molar-refractivity contribution in [2.24, 2.45) is 0 Å². The molecule has 1 unspecified atom stereocenters. The summed E-state index contributed by atoms with van der Waals surface area (Å²) in [5.41, 5.74) is 1.23. The van der Waals surface area contributed by atoms with E-state index in [9.17, 15) is 9.00 Å². The van der Waals surface area contributed by atoms with Gasteiger partial charge in [0.1, 0.15) is 0 Å². The quantitative estimate of drug-likeness (QED) is 0.803. The van der Waals surface area contributed by atoms with Gasteiger partial charge in [0.15, 0.2) is 0 Å². The predicted molar refractivity (Wildman–Crippen MR) is 85.1 cm³/mol. The van der Waals surface area contributed by atoms with Crippen LogP contribution in [0.5, 0.6) is 0 Å². The van der Waals surface area contributed by atoms with Crippen molar-refractivity contribution in [3.8, 4) is 0 Å². The maximum Gasteiger partial charge on any atom is 0.335 e.